The van der Waals surface area contributed by atoms with Crippen molar-refractivity contribution in [1.82, 2.24) is 15.0 Å². The molecule has 3 N–H and O–H groups in total. The minimum absolute atomic E-state index is 0.0697. The van der Waals surface area contributed by atoms with E-state index in [2.05, 4.69) is 15.0 Å². The number of nitrogens with one attached hydrogen (secondary N) is 3. The fraction of sp³-hybridized carbons (Fsp3) is 0.276. The molecule has 0 saturated heterocycles. The molecule has 0 bridgehead atoms. The number of carbonyl (C=O) groups excluding carboxylic acids is 1. The standard InChI is InChI=1S/C29H28Cl2FN3O3S/c1-17(18-5-10-21(32)11-6-18)33-29(36)19-7-12-22(13-8-19)35-39(37,38)23-14-9-20-15-27(34-26(20)16-23)28-24(30)3-2-4-25(28)31/h2-6,9-11,14-17,19,22,34-35H,7-8,12-13H2,1H3,(H,33,36)/t17-,19-,22-/m1/s1. The lowest BCUT2D eigenvalue weighted by molar-refractivity contribution is -0.126. The van der Waals surface area contributed by atoms with Gasteiger partial charge < -0.3 is 10.3 Å². The molecule has 6 nitrogen and oxygen atoms in total. The van der Waals surface area contributed by atoms with E-state index in [1.54, 1.807) is 48.5 Å². The largest absolute Gasteiger partial charge is 0.354 e. The predicted molar refractivity (Wildman–Crippen MR) is 153 cm³/mol. The number of amides is 1. The van der Waals surface area contributed by atoms with Gasteiger partial charge in [-0.1, -0.05) is 47.5 Å². The first-order valence-corrected chi connectivity index (χ1v) is 15.0. The summed E-state index contributed by atoms with van der Waals surface area (Å²) in [5, 5.41) is 4.82. The molecule has 0 unspecified atom stereocenters. The molecule has 1 amide bonds. The molecule has 3 aromatic carbocycles. The minimum Gasteiger partial charge on any atom is -0.354 e. The third kappa shape index (κ3) is 6.14. The summed E-state index contributed by atoms with van der Waals surface area (Å²) < 4.78 is 42.4. The molecule has 5 rings (SSSR count). The van der Waals surface area contributed by atoms with Gasteiger partial charge in [0.05, 0.1) is 21.0 Å². The van der Waals surface area contributed by atoms with Gasteiger partial charge in [0, 0.05) is 34.1 Å². The predicted octanol–water partition coefficient (Wildman–Crippen LogP) is 7.00. The maximum atomic E-state index is 13.2. The number of hydrogen-bond acceptors (Lipinski definition) is 3. The van der Waals surface area contributed by atoms with Gasteiger partial charge in [-0.15, -0.1) is 0 Å². The summed E-state index contributed by atoms with van der Waals surface area (Å²) in [6.45, 7) is 1.86. The maximum absolute atomic E-state index is 13.2. The molecule has 1 atom stereocenters. The Morgan fingerprint density at radius 3 is 2.31 bits per heavy atom. The lowest BCUT2D eigenvalue weighted by Gasteiger charge is -2.29. The number of aromatic amines is 1. The highest BCUT2D eigenvalue weighted by atomic mass is 35.5. The molecular weight excluding hydrogens is 560 g/mol. The first-order valence-electron chi connectivity index (χ1n) is 12.8. The number of aromatic nitrogens is 1. The molecule has 1 saturated carbocycles. The molecule has 1 fully saturated rings. The molecular formula is C29H28Cl2FN3O3S. The Kier molecular flexibility index (Phi) is 8.01. The average Bonchev–Trinajstić information content (AvgIpc) is 3.32. The van der Waals surface area contributed by atoms with Crippen molar-refractivity contribution in [2.75, 3.05) is 0 Å². The van der Waals surface area contributed by atoms with Gasteiger partial charge >= 0.3 is 0 Å². The first-order chi connectivity index (χ1) is 18.6. The normalized spacial score (nSPS) is 18.7. The van der Waals surface area contributed by atoms with Crippen LogP contribution in [0.2, 0.25) is 10.0 Å². The van der Waals surface area contributed by atoms with Gasteiger partial charge in [0.25, 0.3) is 0 Å². The second-order valence-electron chi connectivity index (χ2n) is 9.98. The molecule has 0 aliphatic heterocycles. The molecule has 39 heavy (non-hydrogen) atoms. The number of sulfonamides is 1. The van der Waals surface area contributed by atoms with Crippen LogP contribution in [-0.4, -0.2) is 25.4 Å². The number of benzene rings is 3. The fourth-order valence-electron chi connectivity index (χ4n) is 5.09. The van der Waals surface area contributed by atoms with E-state index >= 15 is 0 Å². The summed E-state index contributed by atoms with van der Waals surface area (Å²) in [4.78, 5) is 16.2. The summed E-state index contributed by atoms with van der Waals surface area (Å²) in [6.07, 6.45) is 2.27. The SMILES string of the molecule is C[C@@H](NC(=O)[C@H]1CC[C@H](NS(=O)(=O)c2ccc3cc(-c4c(Cl)cccc4Cl)[nH]c3c2)CC1)c1ccc(F)cc1. The summed E-state index contributed by atoms with van der Waals surface area (Å²) in [5.74, 6) is -0.587. The molecule has 10 heteroatoms. The molecule has 1 aliphatic carbocycles. The number of H-pyrrole nitrogens is 1. The zero-order valence-corrected chi connectivity index (χ0v) is 23.5. The summed E-state index contributed by atoms with van der Waals surface area (Å²) >= 11 is 12.7. The third-order valence-corrected chi connectivity index (χ3v) is 9.43. The van der Waals surface area contributed by atoms with Crippen LogP contribution < -0.4 is 10.0 Å². The fourth-order valence-corrected chi connectivity index (χ4v) is 7.02. The topological polar surface area (TPSA) is 91.1 Å². The summed E-state index contributed by atoms with van der Waals surface area (Å²) in [7, 11) is -3.77. The zero-order chi connectivity index (χ0) is 27.7. The van der Waals surface area contributed by atoms with E-state index in [4.69, 9.17) is 23.2 Å². The molecule has 204 valence electrons. The van der Waals surface area contributed by atoms with E-state index in [9.17, 15) is 17.6 Å². The molecule has 4 aromatic rings. The van der Waals surface area contributed by atoms with Crippen LogP contribution in [0.1, 0.15) is 44.2 Å². The number of fused-ring (bicyclic) bond motifs is 1. The van der Waals surface area contributed by atoms with E-state index in [0.29, 0.717) is 52.5 Å². The molecule has 1 heterocycles. The highest BCUT2D eigenvalue weighted by Crippen LogP contribution is 2.36. The minimum atomic E-state index is -3.77. The second kappa shape index (κ2) is 11.3. The lowest BCUT2D eigenvalue weighted by Crippen LogP contribution is -2.41. The quantitative estimate of drug-likeness (QED) is 0.217. The number of halogens is 3. The smallest absolute Gasteiger partial charge is 0.240 e. The van der Waals surface area contributed by atoms with Crippen LogP contribution in [0.4, 0.5) is 4.39 Å². The molecule has 0 spiro atoms. The van der Waals surface area contributed by atoms with E-state index in [1.807, 2.05) is 13.0 Å². The van der Waals surface area contributed by atoms with Crippen molar-refractivity contribution in [3.63, 3.8) is 0 Å². The van der Waals surface area contributed by atoms with Crippen molar-refractivity contribution >= 4 is 50.0 Å². The van der Waals surface area contributed by atoms with E-state index in [0.717, 1.165) is 10.9 Å². The van der Waals surface area contributed by atoms with Gasteiger partial charge in [0.15, 0.2) is 0 Å². The Balaban J connectivity index is 1.21. The summed E-state index contributed by atoms with van der Waals surface area (Å²) in [5.41, 5.74) is 2.84. The van der Waals surface area contributed by atoms with Crippen LogP contribution in [-0.2, 0) is 14.8 Å². The summed E-state index contributed by atoms with van der Waals surface area (Å²) in [6, 6.07) is 17.6. The lowest BCUT2D eigenvalue weighted by atomic mass is 9.85. The van der Waals surface area contributed by atoms with Crippen LogP contribution in [0.15, 0.2) is 71.6 Å². The Bertz CT molecular complexity index is 1590. The van der Waals surface area contributed by atoms with Crippen molar-refractivity contribution in [2.45, 2.75) is 49.6 Å². The number of hydrogen-bond donors (Lipinski definition) is 3. The Morgan fingerprint density at radius 1 is 0.974 bits per heavy atom. The van der Waals surface area contributed by atoms with E-state index < -0.39 is 10.0 Å². The van der Waals surface area contributed by atoms with Crippen LogP contribution >= 0.6 is 23.2 Å². The first kappa shape index (κ1) is 27.6. The van der Waals surface area contributed by atoms with Crippen LogP contribution in [0.25, 0.3) is 22.2 Å². The Hall–Kier alpha value is -2.91. The molecule has 0 radical (unpaired) electrons. The van der Waals surface area contributed by atoms with Crippen LogP contribution in [0.3, 0.4) is 0 Å². The van der Waals surface area contributed by atoms with Crippen LogP contribution in [0, 0.1) is 11.7 Å². The average molecular weight is 589 g/mol. The van der Waals surface area contributed by atoms with Gasteiger partial charge in [-0.2, -0.15) is 0 Å². The van der Waals surface area contributed by atoms with Crippen LogP contribution in [0.5, 0.6) is 0 Å². The van der Waals surface area contributed by atoms with Gasteiger partial charge in [-0.05, 0) is 80.6 Å². The van der Waals surface area contributed by atoms with Crippen molar-refractivity contribution < 1.29 is 17.6 Å². The van der Waals surface area contributed by atoms with E-state index in [-0.39, 0.29) is 34.6 Å². The second-order valence-corrected chi connectivity index (χ2v) is 12.5. The highest BCUT2D eigenvalue weighted by Gasteiger charge is 2.30. The third-order valence-electron chi connectivity index (χ3n) is 7.28. The van der Waals surface area contributed by atoms with Gasteiger partial charge in [-0.3, -0.25) is 4.79 Å². The number of carbonyl (C=O) groups is 1. The van der Waals surface area contributed by atoms with Gasteiger partial charge in [0.1, 0.15) is 5.82 Å². The monoisotopic (exact) mass is 587 g/mol. The van der Waals surface area contributed by atoms with Crippen molar-refractivity contribution in [3.8, 4) is 11.3 Å². The highest BCUT2D eigenvalue weighted by molar-refractivity contribution is 7.89. The maximum Gasteiger partial charge on any atom is 0.240 e. The molecule has 1 aliphatic rings. The van der Waals surface area contributed by atoms with Gasteiger partial charge in [0.2, 0.25) is 15.9 Å². The van der Waals surface area contributed by atoms with Crippen molar-refractivity contribution in [1.29, 1.82) is 0 Å². The van der Waals surface area contributed by atoms with Crippen molar-refractivity contribution in [3.05, 3.63) is 88.2 Å². The van der Waals surface area contributed by atoms with E-state index in [1.165, 1.54) is 12.1 Å². The van der Waals surface area contributed by atoms with Crippen molar-refractivity contribution in [2.24, 2.45) is 5.92 Å². The molecule has 1 aromatic heterocycles. The Labute approximate surface area is 237 Å². The zero-order valence-electron chi connectivity index (χ0n) is 21.2. The Morgan fingerprint density at radius 2 is 1.64 bits per heavy atom. The van der Waals surface area contributed by atoms with Gasteiger partial charge in [-0.25, -0.2) is 17.5 Å². The number of rotatable bonds is 7.